The highest BCUT2D eigenvalue weighted by molar-refractivity contribution is 5.24. The lowest BCUT2D eigenvalue weighted by Gasteiger charge is -2.54. The molecule has 0 aromatic rings. The van der Waals surface area contributed by atoms with Crippen LogP contribution in [-0.2, 0) is 0 Å². The third-order valence-corrected chi connectivity index (χ3v) is 3.13. The highest BCUT2D eigenvalue weighted by Crippen LogP contribution is 2.56. The van der Waals surface area contributed by atoms with Gasteiger partial charge in [-0.2, -0.15) is 0 Å². The molecule has 0 aromatic carbocycles. The topological polar surface area (TPSA) is 40.5 Å². The van der Waals surface area contributed by atoms with Crippen molar-refractivity contribution in [1.29, 1.82) is 0 Å². The van der Waals surface area contributed by atoms with E-state index in [2.05, 4.69) is 13.5 Å². The fourth-order valence-electron chi connectivity index (χ4n) is 2.92. The number of hydrogen-bond acceptors (Lipinski definition) is 2. The molecule has 0 spiro atoms. The maximum Gasteiger partial charge on any atom is 0.0662 e. The molecule has 76 valence electrons. The van der Waals surface area contributed by atoms with Crippen LogP contribution in [0.4, 0.5) is 0 Å². The van der Waals surface area contributed by atoms with Crippen LogP contribution in [0.5, 0.6) is 0 Å². The normalized spacial score (nSPS) is 34.5. The fraction of sp³-hybridized carbons (Fsp3) is 0.818. The lowest BCUT2D eigenvalue weighted by atomic mass is 9.52. The summed E-state index contributed by atoms with van der Waals surface area (Å²) in [7, 11) is 0. The van der Waals surface area contributed by atoms with Crippen LogP contribution in [0.25, 0.3) is 0 Å². The van der Waals surface area contributed by atoms with Gasteiger partial charge in [0.2, 0.25) is 0 Å². The quantitative estimate of drug-likeness (QED) is 0.656. The SMILES string of the molecule is C=C1C[C@](C)(CCO)[C@@H]1C(C)(C)O. The Morgan fingerprint density at radius 1 is 1.62 bits per heavy atom. The average molecular weight is 184 g/mol. The van der Waals surface area contributed by atoms with Crippen LogP contribution >= 0.6 is 0 Å². The van der Waals surface area contributed by atoms with Crippen LogP contribution in [0.15, 0.2) is 12.2 Å². The Morgan fingerprint density at radius 3 is 2.46 bits per heavy atom. The van der Waals surface area contributed by atoms with E-state index in [0.29, 0.717) is 0 Å². The summed E-state index contributed by atoms with van der Waals surface area (Å²) in [6.45, 7) is 9.88. The van der Waals surface area contributed by atoms with Gasteiger partial charge in [-0.25, -0.2) is 0 Å². The molecular formula is C11H20O2. The third-order valence-electron chi connectivity index (χ3n) is 3.13. The molecule has 0 aliphatic heterocycles. The molecule has 2 nitrogen and oxygen atoms in total. The molecule has 0 saturated heterocycles. The first-order valence-electron chi connectivity index (χ1n) is 4.82. The number of aliphatic hydroxyl groups is 2. The van der Waals surface area contributed by atoms with Gasteiger partial charge in [0.15, 0.2) is 0 Å². The van der Waals surface area contributed by atoms with Gasteiger partial charge in [0.05, 0.1) is 5.60 Å². The Balaban J connectivity index is 2.76. The van der Waals surface area contributed by atoms with Crippen LogP contribution in [0, 0.1) is 11.3 Å². The minimum absolute atomic E-state index is 0.0457. The molecule has 1 aliphatic rings. The van der Waals surface area contributed by atoms with Gasteiger partial charge in [-0.05, 0) is 32.1 Å². The van der Waals surface area contributed by atoms with Crippen molar-refractivity contribution in [3.8, 4) is 0 Å². The number of aliphatic hydroxyl groups excluding tert-OH is 1. The molecule has 2 heteroatoms. The van der Waals surface area contributed by atoms with Crippen molar-refractivity contribution in [3.05, 3.63) is 12.2 Å². The minimum Gasteiger partial charge on any atom is -0.396 e. The molecule has 2 N–H and O–H groups in total. The second-order valence-electron chi connectivity index (χ2n) is 5.05. The lowest BCUT2D eigenvalue weighted by molar-refractivity contribution is -0.0702. The van der Waals surface area contributed by atoms with E-state index >= 15 is 0 Å². The monoisotopic (exact) mass is 184 g/mol. The summed E-state index contributed by atoms with van der Waals surface area (Å²) in [5.41, 5.74) is 0.451. The van der Waals surface area contributed by atoms with Crippen molar-refractivity contribution in [1.82, 2.24) is 0 Å². The zero-order valence-electron chi connectivity index (χ0n) is 8.80. The Hall–Kier alpha value is -0.340. The molecule has 0 amide bonds. The number of hydrogen-bond donors (Lipinski definition) is 2. The standard InChI is InChI=1S/C11H20O2/c1-8-7-11(4,5-6-12)9(8)10(2,3)13/h9,12-13H,1,5-7H2,2-4H3/t9-,11-/m0/s1. The summed E-state index contributed by atoms with van der Waals surface area (Å²) in [5, 5.41) is 18.9. The Labute approximate surface area is 80.3 Å². The smallest absolute Gasteiger partial charge is 0.0662 e. The van der Waals surface area contributed by atoms with Gasteiger partial charge in [-0.3, -0.25) is 0 Å². The van der Waals surface area contributed by atoms with Crippen LogP contribution in [0.3, 0.4) is 0 Å². The molecule has 1 rings (SSSR count). The van der Waals surface area contributed by atoms with Crippen molar-refractivity contribution in [2.75, 3.05) is 6.61 Å². The molecular weight excluding hydrogens is 164 g/mol. The Kier molecular flexibility index (Phi) is 2.56. The van der Waals surface area contributed by atoms with Gasteiger partial charge in [-0.15, -0.1) is 0 Å². The Morgan fingerprint density at radius 2 is 2.15 bits per heavy atom. The summed E-state index contributed by atoms with van der Waals surface area (Å²) in [6, 6.07) is 0. The van der Waals surface area contributed by atoms with E-state index in [1.807, 2.05) is 13.8 Å². The van der Waals surface area contributed by atoms with Crippen LogP contribution in [-0.4, -0.2) is 22.4 Å². The van der Waals surface area contributed by atoms with Gasteiger partial charge < -0.3 is 10.2 Å². The molecule has 0 aromatic heterocycles. The third kappa shape index (κ3) is 1.79. The molecule has 0 unspecified atom stereocenters. The van der Waals surface area contributed by atoms with E-state index in [9.17, 15) is 5.11 Å². The zero-order chi connectivity index (χ0) is 10.3. The minimum atomic E-state index is -0.709. The highest BCUT2D eigenvalue weighted by Gasteiger charge is 2.51. The van der Waals surface area contributed by atoms with Crippen molar-refractivity contribution in [2.24, 2.45) is 11.3 Å². The van der Waals surface area contributed by atoms with E-state index in [1.165, 1.54) is 0 Å². The maximum atomic E-state index is 9.93. The second-order valence-corrected chi connectivity index (χ2v) is 5.05. The van der Waals surface area contributed by atoms with Gasteiger partial charge in [-0.1, -0.05) is 19.1 Å². The fourth-order valence-corrected chi connectivity index (χ4v) is 2.92. The summed E-state index contributed by atoms with van der Waals surface area (Å²) in [6.07, 6.45) is 1.68. The van der Waals surface area contributed by atoms with E-state index in [0.717, 1.165) is 18.4 Å². The summed E-state index contributed by atoms with van der Waals surface area (Å²) >= 11 is 0. The van der Waals surface area contributed by atoms with E-state index < -0.39 is 5.60 Å². The highest BCUT2D eigenvalue weighted by atomic mass is 16.3. The summed E-state index contributed by atoms with van der Waals surface area (Å²) in [5.74, 6) is 0.132. The molecule has 1 fully saturated rings. The molecule has 1 aliphatic carbocycles. The maximum absolute atomic E-state index is 9.93. The molecule has 1 saturated carbocycles. The Bertz CT molecular complexity index is 215. The largest absolute Gasteiger partial charge is 0.396 e. The van der Waals surface area contributed by atoms with Gasteiger partial charge in [0.25, 0.3) is 0 Å². The van der Waals surface area contributed by atoms with Crippen LogP contribution < -0.4 is 0 Å². The average Bonchev–Trinajstić information content (AvgIpc) is 1.81. The van der Waals surface area contributed by atoms with Gasteiger partial charge in [0.1, 0.15) is 0 Å². The van der Waals surface area contributed by atoms with Crippen LogP contribution in [0.2, 0.25) is 0 Å². The van der Waals surface area contributed by atoms with Crippen molar-refractivity contribution < 1.29 is 10.2 Å². The first kappa shape index (κ1) is 10.7. The van der Waals surface area contributed by atoms with Crippen LogP contribution in [0.1, 0.15) is 33.6 Å². The molecule has 2 atom stereocenters. The first-order chi connectivity index (χ1) is 5.81. The predicted molar refractivity (Wildman–Crippen MR) is 53.4 cm³/mol. The number of rotatable bonds is 3. The van der Waals surface area contributed by atoms with E-state index in [-0.39, 0.29) is 17.9 Å². The molecule has 13 heavy (non-hydrogen) atoms. The first-order valence-corrected chi connectivity index (χ1v) is 4.82. The van der Waals surface area contributed by atoms with Crippen molar-refractivity contribution >= 4 is 0 Å². The van der Waals surface area contributed by atoms with E-state index in [1.54, 1.807) is 0 Å². The zero-order valence-corrected chi connectivity index (χ0v) is 8.80. The molecule has 0 heterocycles. The second kappa shape index (κ2) is 3.10. The molecule has 0 radical (unpaired) electrons. The lowest BCUT2D eigenvalue weighted by Crippen LogP contribution is -2.51. The van der Waals surface area contributed by atoms with Crippen molar-refractivity contribution in [2.45, 2.75) is 39.2 Å². The van der Waals surface area contributed by atoms with Crippen molar-refractivity contribution in [3.63, 3.8) is 0 Å². The molecule has 0 bridgehead atoms. The van der Waals surface area contributed by atoms with Gasteiger partial charge in [0, 0.05) is 12.5 Å². The summed E-state index contributed by atoms with van der Waals surface area (Å²) in [4.78, 5) is 0. The summed E-state index contributed by atoms with van der Waals surface area (Å²) < 4.78 is 0. The predicted octanol–water partition coefficient (Wildman–Crippen LogP) is 1.72. The van der Waals surface area contributed by atoms with Gasteiger partial charge >= 0.3 is 0 Å². The van der Waals surface area contributed by atoms with E-state index in [4.69, 9.17) is 5.11 Å².